The maximum Gasteiger partial charge on any atom is 0.255 e. The normalized spacial score (nSPS) is 13.7. The summed E-state index contributed by atoms with van der Waals surface area (Å²) >= 11 is 0. The van der Waals surface area contributed by atoms with Crippen molar-refractivity contribution >= 4 is 39.5 Å². The van der Waals surface area contributed by atoms with Crippen molar-refractivity contribution in [3.8, 4) is 22.8 Å². The van der Waals surface area contributed by atoms with Crippen molar-refractivity contribution in [2.45, 2.75) is 19.3 Å². The molecule has 0 aliphatic carbocycles. The minimum Gasteiger partial charge on any atom is -0.355 e. The van der Waals surface area contributed by atoms with Crippen LogP contribution in [-0.2, 0) is 0 Å². The second kappa shape index (κ2) is 9.64. The van der Waals surface area contributed by atoms with Gasteiger partial charge in [-0.3, -0.25) is 14.9 Å². The molecule has 0 unspecified atom stereocenters. The summed E-state index contributed by atoms with van der Waals surface area (Å²) in [5.74, 6) is 1.34. The number of carbonyl (C=O) groups is 1. The van der Waals surface area contributed by atoms with Crippen molar-refractivity contribution in [3.63, 3.8) is 0 Å². The van der Waals surface area contributed by atoms with Crippen molar-refractivity contribution in [2.24, 2.45) is 0 Å². The highest BCUT2D eigenvalue weighted by Crippen LogP contribution is 2.31. The lowest BCUT2D eigenvalue weighted by atomic mass is 10.1. The molecule has 6 heterocycles. The molecule has 1 aliphatic heterocycles. The third-order valence-corrected chi connectivity index (χ3v) is 7.00. The lowest BCUT2D eigenvalue weighted by Crippen LogP contribution is -2.30. The zero-order valence-electron chi connectivity index (χ0n) is 21.1. The summed E-state index contributed by atoms with van der Waals surface area (Å²) in [5.41, 5.74) is 6.53. The number of carbonyl (C=O) groups excluding carboxylic acids is 1. The van der Waals surface area contributed by atoms with Crippen LogP contribution in [0.1, 0.15) is 29.6 Å². The summed E-state index contributed by atoms with van der Waals surface area (Å²) in [5, 5.41) is 10.5. The topological polar surface area (TPSA) is 128 Å². The molecule has 0 bridgehead atoms. The molecule has 192 valence electrons. The third-order valence-electron chi connectivity index (χ3n) is 7.00. The Labute approximate surface area is 223 Å². The Hall–Kier alpha value is -5.12. The summed E-state index contributed by atoms with van der Waals surface area (Å²) in [7, 11) is 0. The molecule has 3 N–H and O–H groups in total. The van der Waals surface area contributed by atoms with Crippen LogP contribution in [0.3, 0.4) is 0 Å². The van der Waals surface area contributed by atoms with E-state index in [-0.39, 0.29) is 5.91 Å². The Kier molecular flexibility index (Phi) is 5.69. The molecule has 10 heteroatoms. The second-order valence-electron chi connectivity index (χ2n) is 9.61. The van der Waals surface area contributed by atoms with Gasteiger partial charge in [-0.25, -0.2) is 15.0 Å². The van der Waals surface area contributed by atoms with Gasteiger partial charge >= 0.3 is 0 Å². The first-order chi connectivity index (χ1) is 19.2. The zero-order valence-corrected chi connectivity index (χ0v) is 21.1. The minimum absolute atomic E-state index is 0.196. The van der Waals surface area contributed by atoms with Crippen molar-refractivity contribution < 1.29 is 4.79 Å². The molecule has 6 aromatic rings. The molecule has 0 saturated carbocycles. The number of aromatic nitrogens is 7. The van der Waals surface area contributed by atoms with Gasteiger partial charge in [0.1, 0.15) is 11.0 Å². The van der Waals surface area contributed by atoms with Crippen molar-refractivity contribution in [1.29, 1.82) is 0 Å². The number of hydrogen-bond donors (Lipinski definition) is 3. The molecule has 1 amide bonds. The average Bonchev–Trinajstić information content (AvgIpc) is 3.62. The first-order valence-corrected chi connectivity index (χ1v) is 13.0. The molecule has 1 aliphatic rings. The van der Waals surface area contributed by atoms with E-state index in [2.05, 4.69) is 35.4 Å². The van der Waals surface area contributed by atoms with E-state index in [9.17, 15) is 4.79 Å². The summed E-state index contributed by atoms with van der Waals surface area (Å²) in [6.45, 7) is 1.98. The SMILES string of the molecule is O=C(Nc1cncc(-c2ccc3[nH]nc(-c4nc5c(N6CCCCC6)nccc5[nH]4)c3n2)c1)c1ccccc1. The molecule has 5 aromatic heterocycles. The second-order valence-corrected chi connectivity index (χ2v) is 9.61. The molecular formula is C29H25N9O. The Morgan fingerprint density at radius 1 is 0.897 bits per heavy atom. The molecule has 7 rings (SSSR count). The molecule has 1 aromatic carbocycles. The van der Waals surface area contributed by atoms with Gasteiger partial charge in [-0.05, 0) is 55.7 Å². The van der Waals surface area contributed by atoms with Crippen LogP contribution in [-0.4, -0.2) is 54.1 Å². The highest BCUT2D eigenvalue weighted by Gasteiger charge is 2.20. The lowest BCUT2D eigenvalue weighted by molar-refractivity contribution is 0.102. The van der Waals surface area contributed by atoms with E-state index in [1.54, 1.807) is 24.5 Å². The minimum atomic E-state index is -0.196. The van der Waals surface area contributed by atoms with E-state index in [1.807, 2.05) is 48.7 Å². The largest absolute Gasteiger partial charge is 0.355 e. The first kappa shape index (κ1) is 23.0. The number of anilines is 2. The van der Waals surface area contributed by atoms with Crippen molar-refractivity contribution in [3.05, 3.63) is 78.8 Å². The summed E-state index contributed by atoms with van der Waals surface area (Å²) in [6.07, 6.45) is 8.75. The number of amides is 1. The highest BCUT2D eigenvalue weighted by molar-refractivity contribution is 6.04. The van der Waals surface area contributed by atoms with Crippen LogP contribution in [0.15, 0.2) is 73.2 Å². The van der Waals surface area contributed by atoms with Crippen LogP contribution >= 0.6 is 0 Å². The van der Waals surface area contributed by atoms with Crippen LogP contribution in [0.5, 0.6) is 0 Å². The number of pyridine rings is 3. The number of imidazole rings is 1. The monoisotopic (exact) mass is 515 g/mol. The van der Waals surface area contributed by atoms with Gasteiger partial charge in [0.15, 0.2) is 17.3 Å². The maximum atomic E-state index is 12.6. The number of aromatic amines is 2. The molecule has 0 spiro atoms. The van der Waals surface area contributed by atoms with Crippen LogP contribution < -0.4 is 10.2 Å². The van der Waals surface area contributed by atoms with Crippen LogP contribution in [0.2, 0.25) is 0 Å². The quantitative estimate of drug-likeness (QED) is 0.288. The molecule has 1 fully saturated rings. The zero-order chi connectivity index (χ0) is 26.2. The van der Waals surface area contributed by atoms with Crippen LogP contribution in [0, 0.1) is 0 Å². The number of nitrogens with zero attached hydrogens (tertiary/aromatic N) is 6. The number of benzene rings is 1. The Morgan fingerprint density at radius 2 is 1.77 bits per heavy atom. The van der Waals surface area contributed by atoms with Gasteiger partial charge in [0.05, 0.1) is 28.6 Å². The van der Waals surface area contributed by atoms with Gasteiger partial charge < -0.3 is 15.2 Å². The molecule has 0 atom stereocenters. The molecule has 0 radical (unpaired) electrons. The fourth-order valence-electron chi connectivity index (χ4n) is 5.04. The van der Waals surface area contributed by atoms with E-state index in [4.69, 9.17) is 9.97 Å². The fraction of sp³-hybridized carbons (Fsp3) is 0.172. The number of hydrogen-bond acceptors (Lipinski definition) is 7. The number of rotatable bonds is 5. The van der Waals surface area contributed by atoms with E-state index in [1.165, 1.54) is 6.42 Å². The molecule has 39 heavy (non-hydrogen) atoms. The maximum absolute atomic E-state index is 12.6. The Bertz CT molecular complexity index is 1800. The van der Waals surface area contributed by atoms with Crippen LogP contribution in [0.4, 0.5) is 11.5 Å². The highest BCUT2D eigenvalue weighted by atomic mass is 16.1. The molecule has 1 saturated heterocycles. The molecular weight excluding hydrogens is 490 g/mol. The van der Waals surface area contributed by atoms with Crippen molar-refractivity contribution in [2.75, 3.05) is 23.3 Å². The standard InChI is InChI=1S/C29H25N9O/c39-29(18-7-3-1-4-8-18)32-20-15-19(16-30-17-20)21-9-10-23-24(33-21)26(37-36-23)27-34-22-11-12-31-28(25(22)35-27)38-13-5-2-6-14-38/h1,3-4,7-12,15-17H,2,5-6,13-14H2,(H,32,39)(H,34,35)(H,36,37). The van der Waals surface area contributed by atoms with Gasteiger partial charge in [0, 0.05) is 36.6 Å². The van der Waals surface area contributed by atoms with Gasteiger partial charge in [0.25, 0.3) is 5.91 Å². The van der Waals surface area contributed by atoms with Gasteiger partial charge in [0.2, 0.25) is 0 Å². The van der Waals surface area contributed by atoms with Gasteiger partial charge in [-0.2, -0.15) is 5.10 Å². The number of piperidine rings is 1. The summed E-state index contributed by atoms with van der Waals surface area (Å²) < 4.78 is 0. The predicted molar refractivity (Wildman–Crippen MR) is 150 cm³/mol. The average molecular weight is 516 g/mol. The number of H-pyrrole nitrogens is 2. The predicted octanol–water partition coefficient (Wildman–Crippen LogP) is 5.20. The Balaban J connectivity index is 1.22. The van der Waals surface area contributed by atoms with Crippen LogP contribution in [0.25, 0.3) is 44.8 Å². The first-order valence-electron chi connectivity index (χ1n) is 13.0. The van der Waals surface area contributed by atoms with E-state index >= 15 is 0 Å². The van der Waals surface area contributed by atoms with Gasteiger partial charge in [-0.15, -0.1) is 0 Å². The van der Waals surface area contributed by atoms with E-state index in [0.717, 1.165) is 53.9 Å². The van der Waals surface area contributed by atoms with Crippen molar-refractivity contribution in [1.82, 2.24) is 35.1 Å². The summed E-state index contributed by atoms with van der Waals surface area (Å²) in [6, 6.07) is 16.7. The number of fused-ring (bicyclic) bond motifs is 2. The lowest BCUT2D eigenvalue weighted by Gasteiger charge is -2.27. The van der Waals surface area contributed by atoms with E-state index < -0.39 is 0 Å². The molecule has 10 nitrogen and oxygen atoms in total. The number of nitrogens with one attached hydrogen (secondary N) is 3. The smallest absolute Gasteiger partial charge is 0.255 e. The van der Waals surface area contributed by atoms with E-state index in [0.29, 0.717) is 34.0 Å². The Morgan fingerprint density at radius 3 is 2.64 bits per heavy atom. The third kappa shape index (κ3) is 4.35. The van der Waals surface area contributed by atoms with Gasteiger partial charge in [-0.1, -0.05) is 18.2 Å². The summed E-state index contributed by atoms with van der Waals surface area (Å²) in [4.78, 5) is 37.2. The fourth-order valence-corrected chi connectivity index (χ4v) is 5.04.